The summed E-state index contributed by atoms with van der Waals surface area (Å²) in [6.07, 6.45) is 1.96. The molecule has 1 aromatic carbocycles. The van der Waals surface area contributed by atoms with Crippen molar-refractivity contribution in [3.8, 4) is 5.75 Å². The lowest BCUT2D eigenvalue weighted by molar-refractivity contribution is 0.0679. The van der Waals surface area contributed by atoms with Crippen LogP contribution < -0.4 is 4.74 Å². The standard InChI is InChI=1S/C13H15NO4/c1-14(2)12(15)9-4-3-5-10(11(9)13(16)17)18-8-6-7-8/h3-5,8H,6-7H2,1-2H3,(H,16,17). The number of ether oxygens (including phenoxy) is 1. The van der Waals surface area contributed by atoms with E-state index < -0.39 is 5.97 Å². The van der Waals surface area contributed by atoms with Crippen molar-refractivity contribution in [3.05, 3.63) is 29.3 Å². The highest BCUT2D eigenvalue weighted by Crippen LogP contribution is 2.31. The molecular formula is C13H15NO4. The molecule has 5 heteroatoms. The van der Waals surface area contributed by atoms with Gasteiger partial charge in [-0.3, -0.25) is 4.79 Å². The number of hydrogen-bond donors (Lipinski definition) is 1. The van der Waals surface area contributed by atoms with Crippen LogP contribution >= 0.6 is 0 Å². The van der Waals surface area contributed by atoms with Crippen molar-refractivity contribution in [2.45, 2.75) is 18.9 Å². The zero-order valence-corrected chi connectivity index (χ0v) is 10.3. The summed E-state index contributed by atoms with van der Waals surface area (Å²) in [7, 11) is 3.17. The second-order valence-corrected chi connectivity index (χ2v) is 4.50. The van der Waals surface area contributed by atoms with E-state index in [1.165, 1.54) is 11.0 Å². The molecule has 0 spiro atoms. The van der Waals surface area contributed by atoms with E-state index in [1.54, 1.807) is 26.2 Å². The van der Waals surface area contributed by atoms with E-state index in [0.717, 1.165) is 12.8 Å². The van der Waals surface area contributed by atoms with Gasteiger partial charge in [0.05, 0.1) is 11.7 Å². The van der Waals surface area contributed by atoms with Crippen molar-refractivity contribution in [3.63, 3.8) is 0 Å². The molecule has 1 aliphatic rings. The van der Waals surface area contributed by atoms with Crippen LogP contribution in [0.15, 0.2) is 18.2 Å². The summed E-state index contributed by atoms with van der Waals surface area (Å²) in [6, 6.07) is 4.74. The zero-order chi connectivity index (χ0) is 13.3. The van der Waals surface area contributed by atoms with Crippen LogP contribution in [0.1, 0.15) is 33.6 Å². The SMILES string of the molecule is CN(C)C(=O)c1cccc(OC2CC2)c1C(=O)O. The molecule has 1 aromatic rings. The quantitative estimate of drug-likeness (QED) is 0.880. The highest BCUT2D eigenvalue weighted by molar-refractivity contribution is 6.06. The Labute approximate surface area is 105 Å². The predicted octanol–water partition coefficient (Wildman–Crippen LogP) is 1.63. The topological polar surface area (TPSA) is 66.8 Å². The van der Waals surface area contributed by atoms with Gasteiger partial charge in [0.15, 0.2) is 0 Å². The van der Waals surface area contributed by atoms with Crippen LogP contribution in [-0.4, -0.2) is 42.1 Å². The average Bonchev–Trinajstić information content (AvgIpc) is 3.11. The van der Waals surface area contributed by atoms with E-state index in [9.17, 15) is 14.7 Å². The minimum atomic E-state index is -1.14. The van der Waals surface area contributed by atoms with Crippen LogP contribution in [0, 0.1) is 0 Å². The smallest absolute Gasteiger partial charge is 0.340 e. The molecule has 1 aliphatic carbocycles. The summed E-state index contributed by atoms with van der Waals surface area (Å²) < 4.78 is 5.54. The van der Waals surface area contributed by atoms with Gasteiger partial charge in [0.2, 0.25) is 0 Å². The van der Waals surface area contributed by atoms with Gasteiger partial charge in [-0.25, -0.2) is 4.79 Å². The molecule has 0 saturated heterocycles. The van der Waals surface area contributed by atoms with E-state index in [0.29, 0.717) is 0 Å². The summed E-state index contributed by atoms with van der Waals surface area (Å²) in [5.74, 6) is -1.21. The van der Waals surface area contributed by atoms with Crippen LogP contribution in [-0.2, 0) is 0 Å². The van der Waals surface area contributed by atoms with Crippen molar-refractivity contribution in [2.24, 2.45) is 0 Å². The zero-order valence-electron chi connectivity index (χ0n) is 10.3. The molecule has 2 rings (SSSR count). The molecule has 0 bridgehead atoms. The molecule has 1 fully saturated rings. The Morgan fingerprint density at radius 2 is 2.00 bits per heavy atom. The minimum absolute atomic E-state index is 0.0527. The molecule has 0 aliphatic heterocycles. The summed E-state index contributed by atoms with van der Waals surface area (Å²) in [6.45, 7) is 0. The van der Waals surface area contributed by atoms with E-state index in [1.807, 2.05) is 0 Å². The van der Waals surface area contributed by atoms with E-state index in [-0.39, 0.29) is 28.9 Å². The Morgan fingerprint density at radius 3 is 2.50 bits per heavy atom. The molecule has 0 heterocycles. The van der Waals surface area contributed by atoms with Crippen LogP contribution in [0.4, 0.5) is 0 Å². The summed E-state index contributed by atoms with van der Waals surface area (Å²) in [4.78, 5) is 24.6. The third kappa shape index (κ3) is 2.45. The second kappa shape index (κ2) is 4.68. The third-order valence-electron chi connectivity index (χ3n) is 2.69. The summed E-state index contributed by atoms with van der Waals surface area (Å²) in [5, 5.41) is 9.26. The fourth-order valence-electron chi connectivity index (χ4n) is 1.63. The highest BCUT2D eigenvalue weighted by Gasteiger charge is 2.28. The van der Waals surface area contributed by atoms with E-state index >= 15 is 0 Å². The summed E-state index contributed by atoms with van der Waals surface area (Å²) in [5.41, 5.74) is 0.105. The Kier molecular flexibility index (Phi) is 3.23. The number of rotatable bonds is 4. The molecule has 18 heavy (non-hydrogen) atoms. The number of benzene rings is 1. The normalized spacial score (nSPS) is 14.1. The fourth-order valence-corrected chi connectivity index (χ4v) is 1.63. The lowest BCUT2D eigenvalue weighted by atomic mass is 10.1. The Bertz CT molecular complexity index is 492. The number of nitrogens with zero attached hydrogens (tertiary/aromatic N) is 1. The maximum atomic E-state index is 11.9. The number of hydrogen-bond acceptors (Lipinski definition) is 3. The molecule has 0 atom stereocenters. The van der Waals surface area contributed by atoms with Gasteiger partial charge in [-0.2, -0.15) is 0 Å². The first-order chi connectivity index (χ1) is 8.50. The molecule has 0 radical (unpaired) electrons. The highest BCUT2D eigenvalue weighted by atomic mass is 16.5. The van der Waals surface area contributed by atoms with E-state index in [2.05, 4.69) is 0 Å². The van der Waals surface area contributed by atoms with Crippen molar-refractivity contribution in [2.75, 3.05) is 14.1 Å². The van der Waals surface area contributed by atoms with Crippen LogP contribution in [0.5, 0.6) is 5.75 Å². The lowest BCUT2D eigenvalue weighted by Crippen LogP contribution is -2.24. The number of carbonyl (C=O) groups excluding carboxylic acids is 1. The van der Waals surface area contributed by atoms with Crippen molar-refractivity contribution >= 4 is 11.9 Å². The minimum Gasteiger partial charge on any atom is -0.489 e. The molecule has 1 N–H and O–H groups in total. The Morgan fingerprint density at radius 1 is 1.33 bits per heavy atom. The Hall–Kier alpha value is -2.04. The van der Waals surface area contributed by atoms with Crippen molar-refractivity contribution < 1.29 is 19.4 Å². The van der Waals surface area contributed by atoms with Crippen LogP contribution in [0.25, 0.3) is 0 Å². The average molecular weight is 249 g/mol. The fraction of sp³-hybridized carbons (Fsp3) is 0.385. The molecule has 0 aromatic heterocycles. The largest absolute Gasteiger partial charge is 0.489 e. The number of carbonyl (C=O) groups is 2. The molecule has 5 nitrogen and oxygen atoms in total. The van der Waals surface area contributed by atoms with Crippen LogP contribution in [0.3, 0.4) is 0 Å². The van der Waals surface area contributed by atoms with Gasteiger partial charge in [-0.15, -0.1) is 0 Å². The van der Waals surface area contributed by atoms with Gasteiger partial charge >= 0.3 is 5.97 Å². The van der Waals surface area contributed by atoms with Gasteiger partial charge in [0, 0.05) is 14.1 Å². The molecule has 96 valence electrons. The molecular weight excluding hydrogens is 234 g/mol. The molecule has 1 amide bonds. The number of aromatic carboxylic acids is 1. The molecule has 1 saturated carbocycles. The van der Waals surface area contributed by atoms with Crippen molar-refractivity contribution in [1.82, 2.24) is 4.90 Å². The maximum absolute atomic E-state index is 11.9. The third-order valence-corrected chi connectivity index (χ3v) is 2.69. The summed E-state index contributed by atoms with van der Waals surface area (Å²) >= 11 is 0. The van der Waals surface area contributed by atoms with Gasteiger partial charge in [-0.05, 0) is 25.0 Å². The lowest BCUT2D eigenvalue weighted by Gasteiger charge is -2.15. The second-order valence-electron chi connectivity index (χ2n) is 4.50. The number of carboxylic acids is 1. The first-order valence-corrected chi connectivity index (χ1v) is 5.75. The predicted molar refractivity (Wildman–Crippen MR) is 65.1 cm³/mol. The maximum Gasteiger partial charge on any atom is 0.340 e. The first kappa shape index (κ1) is 12.4. The van der Waals surface area contributed by atoms with Gasteiger partial charge in [0.1, 0.15) is 11.3 Å². The monoisotopic (exact) mass is 249 g/mol. The van der Waals surface area contributed by atoms with E-state index in [4.69, 9.17) is 4.74 Å². The first-order valence-electron chi connectivity index (χ1n) is 5.75. The van der Waals surface area contributed by atoms with Gasteiger partial charge < -0.3 is 14.7 Å². The van der Waals surface area contributed by atoms with Gasteiger partial charge in [-0.1, -0.05) is 6.07 Å². The number of carboxylic acid groups (broad SMARTS) is 1. The Balaban J connectivity index is 2.44. The van der Waals surface area contributed by atoms with Crippen LogP contribution in [0.2, 0.25) is 0 Å². The molecule has 0 unspecified atom stereocenters. The number of amides is 1. The van der Waals surface area contributed by atoms with Crippen molar-refractivity contribution in [1.29, 1.82) is 0 Å². The van der Waals surface area contributed by atoms with Gasteiger partial charge in [0.25, 0.3) is 5.91 Å².